The molecule has 0 radical (unpaired) electrons. The molecule has 2 aromatic rings. The van der Waals surface area contributed by atoms with Gasteiger partial charge in [-0.1, -0.05) is 37.3 Å². The van der Waals surface area contributed by atoms with Gasteiger partial charge in [-0.2, -0.15) is 0 Å². The number of hydrogen-bond acceptors (Lipinski definition) is 4. The number of anilines is 1. The van der Waals surface area contributed by atoms with Crippen LogP contribution in [0.25, 0.3) is 0 Å². The van der Waals surface area contributed by atoms with Crippen LogP contribution in [0.15, 0.2) is 35.7 Å². The first-order chi connectivity index (χ1) is 13.5. The zero-order valence-corrected chi connectivity index (χ0v) is 18.6. The molecule has 1 N–H and O–H groups in total. The summed E-state index contributed by atoms with van der Waals surface area (Å²) >= 11 is 1.32. The van der Waals surface area contributed by atoms with E-state index >= 15 is 0 Å². The highest BCUT2D eigenvalue weighted by atomic mass is 32.1. The van der Waals surface area contributed by atoms with Crippen molar-refractivity contribution in [2.24, 2.45) is 0 Å². The van der Waals surface area contributed by atoms with E-state index in [0.717, 1.165) is 18.1 Å². The van der Waals surface area contributed by atoms with E-state index in [4.69, 9.17) is 4.74 Å². The van der Waals surface area contributed by atoms with Crippen LogP contribution < -0.4 is 5.32 Å². The van der Waals surface area contributed by atoms with Crippen molar-refractivity contribution in [2.45, 2.75) is 44.9 Å². The lowest BCUT2D eigenvalue weighted by Gasteiger charge is -2.30. The number of methoxy groups -OCH3 is 1. The summed E-state index contributed by atoms with van der Waals surface area (Å²) in [5.74, 6) is -0.323. The first-order valence-corrected chi connectivity index (χ1v) is 13.2. The molecule has 28 heavy (non-hydrogen) atoms. The fourth-order valence-corrected chi connectivity index (χ4v) is 10.6. The highest BCUT2D eigenvalue weighted by Gasteiger charge is 2.50. The van der Waals surface area contributed by atoms with Crippen LogP contribution in [-0.2, 0) is 15.7 Å². The third-order valence-electron chi connectivity index (χ3n) is 5.74. The average Bonchev–Trinajstić information content (AvgIpc) is 3.30. The topological polar surface area (TPSA) is 55.4 Å². The average molecular weight is 419 g/mol. The minimum absolute atomic E-state index is 0.0278. The first kappa shape index (κ1) is 21.0. The molecule has 0 aliphatic carbocycles. The van der Waals surface area contributed by atoms with Crippen molar-refractivity contribution in [3.05, 3.63) is 51.7 Å². The number of rotatable bonds is 7. The highest BCUT2D eigenvalue weighted by molar-refractivity contribution is 7.77. The second-order valence-electron chi connectivity index (χ2n) is 7.54. The van der Waals surface area contributed by atoms with Crippen LogP contribution in [0.4, 0.5) is 5.69 Å². The number of carbonyl (C=O) groups excluding carboxylic acids is 2. The molecule has 3 rings (SSSR count). The molecular formula is C22H29NO3PS+. The number of hydrogen-bond donors (Lipinski definition) is 1. The van der Waals surface area contributed by atoms with Crippen LogP contribution in [0.2, 0.25) is 0 Å². The van der Waals surface area contributed by atoms with Gasteiger partial charge in [-0.25, -0.2) is 4.79 Å². The summed E-state index contributed by atoms with van der Waals surface area (Å²) in [5, 5.41) is 5.01. The number of amides is 1. The van der Waals surface area contributed by atoms with Crippen molar-refractivity contribution < 1.29 is 14.3 Å². The van der Waals surface area contributed by atoms with E-state index in [9.17, 15) is 9.59 Å². The summed E-state index contributed by atoms with van der Waals surface area (Å²) in [6, 6.07) is 10.6. The van der Waals surface area contributed by atoms with Crippen LogP contribution >= 0.6 is 18.6 Å². The fraction of sp³-hybridized carbons (Fsp3) is 0.455. The summed E-state index contributed by atoms with van der Waals surface area (Å²) in [5.41, 5.74) is 2.90. The number of nitrogens with one attached hydrogen (secondary N) is 1. The minimum atomic E-state index is -1.44. The van der Waals surface area contributed by atoms with Gasteiger partial charge in [-0.3, -0.25) is 4.79 Å². The number of esters is 1. The zero-order valence-electron chi connectivity index (χ0n) is 16.9. The number of benzene rings is 1. The molecule has 4 nitrogen and oxygen atoms in total. The number of ether oxygens (including phenoxy) is 1. The van der Waals surface area contributed by atoms with Crippen molar-refractivity contribution in [3.63, 3.8) is 0 Å². The molecule has 1 fully saturated rings. The maximum atomic E-state index is 13.4. The third-order valence-corrected chi connectivity index (χ3v) is 12.2. The molecule has 1 saturated heterocycles. The molecule has 0 spiro atoms. The van der Waals surface area contributed by atoms with Gasteiger partial charge in [0, 0.05) is 7.26 Å². The summed E-state index contributed by atoms with van der Waals surface area (Å²) in [6.45, 7) is 4.04. The Kier molecular flexibility index (Phi) is 6.90. The van der Waals surface area contributed by atoms with Gasteiger partial charge in [0.2, 0.25) is 0 Å². The van der Waals surface area contributed by atoms with Crippen LogP contribution in [0.1, 0.15) is 47.0 Å². The van der Waals surface area contributed by atoms with E-state index < -0.39 is 13.2 Å². The van der Waals surface area contributed by atoms with Gasteiger partial charge >= 0.3 is 5.97 Å². The van der Waals surface area contributed by atoms with Crippen molar-refractivity contribution in [3.8, 4) is 0 Å². The monoisotopic (exact) mass is 418 g/mol. The van der Waals surface area contributed by atoms with E-state index in [-0.39, 0.29) is 11.6 Å². The summed E-state index contributed by atoms with van der Waals surface area (Å²) < 4.78 is 4.88. The third kappa shape index (κ3) is 4.31. The molecule has 1 aromatic carbocycles. The molecule has 150 valence electrons. The minimum Gasteiger partial charge on any atom is -0.465 e. The predicted molar refractivity (Wildman–Crippen MR) is 119 cm³/mol. The molecule has 6 heteroatoms. The molecule has 1 unspecified atom stereocenters. The Morgan fingerprint density at radius 2 is 1.89 bits per heavy atom. The lowest BCUT2D eigenvalue weighted by Crippen LogP contribution is -2.32. The van der Waals surface area contributed by atoms with E-state index in [1.54, 1.807) is 0 Å². The standard InChI is InChI=1S/C22H28NO3PS/c1-4-18(21(24)23-19-16(2)15-28-20(19)22(25)26-3)27(12-8-9-13-27)14-17-10-6-5-7-11-17/h5-7,10-11,15,18H,4,8-9,12-14H2,1-3H3/p+1. The van der Waals surface area contributed by atoms with E-state index in [1.165, 1.54) is 49.2 Å². The molecule has 1 aromatic heterocycles. The van der Waals surface area contributed by atoms with Gasteiger partial charge in [0.05, 0.1) is 31.3 Å². The van der Waals surface area contributed by atoms with Crippen molar-refractivity contribution >= 4 is 36.2 Å². The highest BCUT2D eigenvalue weighted by Crippen LogP contribution is 2.70. The van der Waals surface area contributed by atoms with Crippen molar-refractivity contribution in [2.75, 3.05) is 24.8 Å². The Morgan fingerprint density at radius 1 is 1.21 bits per heavy atom. The summed E-state index contributed by atoms with van der Waals surface area (Å²) in [4.78, 5) is 26.0. The second kappa shape index (κ2) is 9.19. The maximum absolute atomic E-state index is 13.4. The van der Waals surface area contributed by atoms with Gasteiger partial charge in [0.15, 0.2) is 0 Å². The van der Waals surface area contributed by atoms with Crippen LogP contribution in [-0.4, -0.2) is 37.0 Å². The molecule has 0 saturated carbocycles. The van der Waals surface area contributed by atoms with Crippen LogP contribution in [0, 0.1) is 6.92 Å². The van der Waals surface area contributed by atoms with Crippen molar-refractivity contribution in [1.29, 1.82) is 0 Å². The summed E-state index contributed by atoms with van der Waals surface area (Å²) in [7, 11) is -0.0673. The lowest BCUT2D eigenvalue weighted by molar-refractivity contribution is -0.115. The van der Waals surface area contributed by atoms with Gasteiger partial charge < -0.3 is 10.1 Å². The fourth-order valence-electron chi connectivity index (χ4n) is 4.36. The van der Waals surface area contributed by atoms with Crippen LogP contribution in [0.3, 0.4) is 0 Å². The van der Waals surface area contributed by atoms with E-state index in [1.807, 2.05) is 18.4 Å². The Bertz CT molecular complexity index is 828. The molecule has 1 atom stereocenters. The Hall–Kier alpha value is -1.71. The molecular weight excluding hydrogens is 389 g/mol. The molecule has 1 aliphatic heterocycles. The number of carbonyl (C=O) groups is 2. The Morgan fingerprint density at radius 3 is 2.50 bits per heavy atom. The second-order valence-corrected chi connectivity index (χ2v) is 12.7. The van der Waals surface area contributed by atoms with Gasteiger partial charge in [0.25, 0.3) is 5.91 Å². The van der Waals surface area contributed by atoms with Gasteiger partial charge in [-0.05, 0) is 42.7 Å². The molecule has 0 bridgehead atoms. The maximum Gasteiger partial charge on any atom is 0.350 e. The van der Waals surface area contributed by atoms with Gasteiger partial charge in [-0.15, -0.1) is 11.3 Å². The molecule has 1 amide bonds. The van der Waals surface area contributed by atoms with E-state index in [2.05, 4.69) is 36.5 Å². The first-order valence-electron chi connectivity index (χ1n) is 9.87. The number of thiophene rings is 1. The van der Waals surface area contributed by atoms with Crippen molar-refractivity contribution in [1.82, 2.24) is 0 Å². The molecule has 1 aliphatic rings. The SMILES string of the molecule is CCC(C(=O)Nc1c(C)csc1C(=O)OC)[P+]1(Cc2ccccc2)CCCC1. The quantitative estimate of drug-likeness (QED) is 0.472. The number of aryl methyl sites for hydroxylation is 1. The Balaban J connectivity index is 1.86. The zero-order chi connectivity index (χ0) is 20.1. The predicted octanol–water partition coefficient (Wildman–Crippen LogP) is 5.57. The largest absolute Gasteiger partial charge is 0.465 e. The summed E-state index contributed by atoms with van der Waals surface area (Å²) in [6.07, 6.45) is 6.67. The Labute approximate surface area is 172 Å². The lowest BCUT2D eigenvalue weighted by atomic mass is 10.2. The smallest absolute Gasteiger partial charge is 0.350 e. The van der Waals surface area contributed by atoms with E-state index in [0.29, 0.717) is 10.6 Å². The molecule has 2 heterocycles. The van der Waals surface area contributed by atoms with Gasteiger partial charge in [0.1, 0.15) is 10.5 Å². The van der Waals surface area contributed by atoms with Crippen LogP contribution in [0.5, 0.6) is 0 Å². The normalized spacial score (nSPS) is 16.5.